The van der Waals surface area contributed by atoms with Gasteiger partial charge in [0.2, 0.25) is 0 Å². The Kier molecular flexibility index (Phi) is 3.61. The van der Waals surface area contributed by atoms with Crippen LogP contribution in [0.3, 0.4) is 0 Å². The van der Waals surface area contributed by atoms with Gasteiger partial charge in [-0.05, 0) is 18.6 Å². The quantitative estimate of drug-likeness (QED) is 0.824. The molecule has 19 heavy (non-hydrogen) atoms. The second-order valence-electron chi connectivity index (χ2n) is 3.99. The van der Waals surface area contributed by atoms with Gasteiger partial charge in [-0.25, -0.2) is 4.79 Å². The second-order valence-corrected chi connectivity index (χ2v) is 3.99. The molecule has 1 aromatic carbocycles. The number of rotatable bonds is 4. The lowest BCUT2D eigenvalue weighted by molar-refractivity contribution is 0.101. The highest BCUT2D eigenvalue weighted by Crippen LogP contribution is 2.14. The van der Waals surface area contributed by atoms with Crippen molar-refractivity contribution >= 4 is 17.7 Å². The van der Waals surface area contributed by atoms with E-state index in [2.05, 4.69) is 10.3 Å². The average molecular weight is 260 g/mol. The zero-order valence-electron chi connectivity index (χ0n) is 10.2. The van der Waals surface area contributed by atoms with Crippen molar-refractivity contribution in [1.82, 2.24) is 4.98 Å². The molecule has 1 amide bonds. The minimum Gasteiger partial charge on any atom is -0.465 e. The van der Waals surface area contributed by atoms with Gasteiger partial charge in [0.05, 0.1) is 0 Å². The molecule has 2 aromatic rings. The Bertz CT molecular complexity index is 619. The van der Waals surface area contributed by atoms with Crippen molar-refractivity contribution in [2.24, 2.45) is 0 Å². The maximum atomic E-state index is 11.3. The molecule has 0 bridgehead atoms. The number of oxazole rings is 1. The Labute approximate surface area is 109 Å². The van der Waals surface area contributed by atoms with Crippen LogP contribution < -0.4 is 5.32 Å². The Morgan fingerprint density at radius 2 is 2.21 bits per heavy atom. The smallest absolute Gasteiger partial charge is 0.410 e. The third-order valence-corrected chi connectivity index (χ3v) is 2.48. The number of hydrogen-bond acceptors (Lipinski definition) is 4. The summed E-state index contributed by atoms with van der Waals surface area (Å²) in [7, 11) is 0. The van der Waals surface area contributed by atoms with Crippen molar-refractivity contribution in [3.63, 3.8) is 0 Å². The van der Waals surface area contributed by atoms with E-state index < -0.39 is 6.09 Å². The average Bonchev–Trinajstić information content (AvgIpc) is 2.76. The van der Waals surface area contributed by atoms with Crippen LogP contribution in [0, 0.1) is 0 Å². The number of carbonyl (C=O) groups is 2. The van der Waals surface area contributed by atoms with E-state index in [0.29, 0.717) is 17.9 Å². The number of carboxylic acid groups (broad SMARTS) is 1. The van der Waals surface area contributed by atoms with Gasteiger partial charge < -0.3 is 9.52 Å². The summed E-state index contributed by atoms with van der Waals surface area (Å²) in [5.74, 6) is 0.511. The number of carbonyl (C=O) groups excluding carboxylic acids is 1. The van der Waals surface area contributed by atoms with Gasteiger partial charge in [-0.15, -0.1) is 0 Å². The fraction of sp³-hybridized carbons (Fsp3) is 0.154. The van der Waals surface area contributed by atoms with E-state index in [1.54, 1.807) is 18.2 Å². The number of benzene rings is 1. The SMILES string of the molecule is CC(=O)c1cccc(Cc2nc(NC(=O)O)co2)c1. The number of ketones is 1. The second kappa shape index (κ2) is 5.34. The molecule has 0 aliphatic heterocycles. The van der Waals surface area contributed by atoms with Crippen LogP contribution in [0.15, 0.2) is 34.9 Å². The maximum Gasteiger partial charge on any atom is 0.410 e. The van der Waals surface area contributed by atoms with E-state index in [-0.39, 0.29) is 11.6 Å². The summed E-state index contributed by atoms with van der Waals surface area (Å²) in [5.41, 5.74) is 1.49. The number of aromatic nitrogens is 1. The molecule has 2 N–H and O–H groups in total. The van der Waals surface area contributed by atoms with Gasteiger partial charge >= 0.3 is 6.09 Å². The molecule has 0 spiro atoms. The Morgan fingerprint density at radius 3 is 2.89 bits per heavy atom. The molecule has 0 aliphatic carbocycles. The number of nitrogens with zero attached hydrogens (tertiary/aromatic N) is 1. The molecule has 0 aliphatic rings. The molecule has 6 heteroatoms. The van der Waals surface area contributed by atoms with E-state index in [4.69, 9.17) is 9.52 Å². The zero-order valence-corrected chi connectivity index (χ0v) is 10.2. The van der Waals surface area contributed by atoms with Gasteiger partial charge in [0.1, 0.15) is 6.26 Å². The van der Waals surface area contributed by atoms with E-state index in [0.717, 1.165) is 5.56 Å². The monoisotopic (exact) mass is 260 g/mol. The number of Topliss-reactive ketones (excluding diaryl/α,β-unsaturated/α-hetero) is 1. The third-order valence-electron chi connectivity index (χ3n) is 2.48. The molecule has 0 unspecified atom stereocenters. The maximum absolute atomic E-state index is 11.3. The highest BCUT2D eigenvalue weighted by Gasteiger charge is 2.08. The fourth-order valence-electron chi connectivity index (χ4n) is 1.63. The first-order valence-corrected chi connectivity index (χ1v) is 5.59. The van der Waals surface area contributed by atoms with Crippen molar-refractivity contribution in [2.45, 2.75) is 13.3 Å². The summed E-state index contributed by atoms with van der Waals surface area (Å²) in [6.07, 6.45) is 0.430. The molecular formula is C13H12N2O4. The molecule has 0 atom stereocenters. The molecule has 0 fully saturated rings. The fourth-order valence-corrected chi connectivity index (χ4v) is 1.63. The molecule has 6 nitrogen and oxygen atoms in total. The molecule has 2 rings (SSSR count). The number of nitrogens with one attached hydrogen (secondary N) is 1. The van der Waals surface area contributed by atoms with Gasteiger partial charge in [0.25, 0.3) is 0 Å². The lowest BCUT2D eigenvalue weighted by Crippen LogP contribution is -2.07. The number of anilines is 1. The Morgan fingerprint density at radius 1 is 1.42 bits per heavy atom. The first kappa shape index (κ1) is 12.8. The van der Waals surface area contributed by atoms with Gasteiger partial charge in [0.15, 0.2) is 17.5 Å². The molecule has 1 aromatic heterocycles. The van der Waals surface area contributed by atoms with Crippen molar-refractivity contribution in [3.8, 4) is 0 Å². The number of hydrogen-bond donors (Lipinski definition) is 2. The van der Waals surface area contributed by atoms with Crippen LogP contribution in [0.1, 0.15) is 28.7 Å². The highest BCUT2D eigenvalue weighted by atomic mass is 16.4. The molecule has 0 saturated carbocycles. The van der Waals surface area contributed by atoms with Crippen molar-refractivity contribution in [2.75, 3.05) is 5.32 Å². The zero-order chi connectivity index (χ0) is 13.8. The summed E-state index contributed by atoms with van der Waals surface area (Å²) in [4.78, 5) is 25.7. The third kappa shape index (κ3) is 3.41. The van der Waals surface area contributed by atoms with Crippen LogP contribution in [0.5, 0.6) is 0 Å². The molecule has 1 heterocycles. The minimum atomic E-state index is -1.20. The van der Waals surface area contributed by atoms with E-state index >= 15 is 0 Å². The number of amides is 1. The largest absolute Gasteiger partial charge is 0.465 e. The van der Waals surface area contributed by atoms with Gasteiger partial charge in [-0.3, -0.25) is 10.1 Å². The predicted molar refractivity (Wildman–Crippen MR) is 67.4 cm³/mol. The molecule has 0 radical (unpaired) electrons. The first-order chi connectivity index (χ1) is 9.04. The minimum absolute atomic E-state index is 0.0116. The van der Waals surface area contributed by atoms with Crippen LogP contribution in [-0.4, -0.2) is 22.0 Å². The van der Waals surface area contributed by atoms with Gasteiger partial charge in [0, 0.05) is 12.0 Å². The first-order valence-electron chi connectivity index (χ1n) is 5.59. The van der Waals surface area contributed by atoms with Gasteiger partial charge in [-0.2, -0.15) is 4.98 Å². The highest BCUT2D eigenvalue weighted by molar-refractivity contribution is 5.94. The van der Waals surface area contributed by atoms with Crippen molar-refractivity contribution < 1.29 is 19.1 Å². The molecule has 0 saturated heterocycles. The van der Waals surface area contributed by atoms with Crippen LogP contribution in [-0.2, 0) is 6.42 Å². The normalized spacial score (nSPS) is 10.2. The van der Waals surface area contributed by atoms with Crippen LogP contribution in [0.4, 0.5) is 10.6 Å². The molecule has 98 valence electrons. The summed E-state index contributed by atoms with van der Waals surface area (Å²) in [6.45, 7) is 1.50. The predicted octanol–water partition coefficient (Wildman–Crippen LogP) is 2.56. The van der Waals surface area contributed by atoms with E-state index in [1.807, 2.05) is 6.07 Å². The Hall–Kier alpha value is -2.63. The molecular weight excluding hydrogens is 248 g/mol. The van der Waals surface area contributed by atoms with Crippen LogP contribution in [0.25, 0.3) is 0 Å². The van der Waals surface area contributed by atoms with E-state index in [9.17, 15) is 9.59 Å². The van der Waals surface area contributed by atoms with Crippen LogP contribution >= 0.6 is 0 Å². The Balaban J connectivity index is 2.12. The van der Waals surface area contributed by atoms with E-state index in [1.165, 1.54) is 13.2 Å². The topological polar surface area (TPSA) is 92.4 Å². The summed E-state index contributed by atoms with van der Waals surface area (Å²) >= 11 is 0. The van der Waals surface area contributed by atoms with Crippen molar-refractivity contribution in [3.05, 3.63) is 47.5 Å². The van der Waals surface area contributed by atoms with Gasteiger partial charge in [-0.1, -0.05) is 18.2 Å². The lowest BCUT2D eigenvalue weighted by atomic mass is 10.1. The summed E-state index contributed by atoms with van der Waals surface area (Å²) < 4.78 is 5.15. The standard InChI is InChI=1S/C13H12N2O4/c1-8(16)10-4-2-3-9(5-10)6-12-14-11(7-19-12)15-13(17)18/h2-5,7,15H,6H2,1H3,(H,17,18). The lowest BCUT2D eigenvalue weighted by Gasteiger charge is -2.00. The summed E-state index contributed by atoms with van der Waals surface area (Å²) in [5, 5.41) is 10.6. The van der Waals surface area contributed by atoms with Crippen molar-refractivity contribution in [1.29, 1.82) is 0 Å². The van der Waals surface area contributed by atoms with Crippen LogP contribution in [0.2, 0.25) is 0 Å². The summed E-state index contributed by atoms with van der Waals surface area (Å²) in [6, 6.07) is 7.13.